The Morgan fingerprint density at radius 2 is 0.933 bits per heavy atom. The van der Waals surface area contributed by atoms with E-state index in [1.165, 1.54) is 13.8 Å². The largest absolute Gasteiger partial charge is 0.342 e. The molecule has 2 aliphatic heterocycles. The molecule has 0 aromatic rings. The molecule has 0 unspecified atom stereocenters. The average molecular weight is 843 g/mol. The van der Waals surface area contributed by atoms with Gasteiger partial charge in [-0.25, -0.2) is 0 Å². The lowest BCUT2D eigenvalue weighted by atomic mass is 9.84. The molecule has 0 aromatic heterocycles. The van der Waals surface area contributed by atoms with Gasteiger partial charge in [0.1, 0.15) is 12.1 Å². The molecule has 2 fully saturated rings. The lowest BCUT2D eigenvalue weighted by Crippen LogP contribution is -2.60. The second kappa shape index (κ2) is 23.7. The number of piperidine rings is 2. The van der Waals surface area contributed by atoms with E-state index in [4.69, 9.17) is 0 Å². The Morgan fingerprint density at radius 3 is 1.25 bits per heavy atom. The van der Waals surface area contributed by atoms with E-state index in [1.807, 2.05) is 88.4 Å². The number of Topliss-reactive ketones (excluding diaryl/α,β-unsaturated/α-hetero) is 2. The number of allylic oxidation sites excluding steroid dienone is 2. The molecule has 0 spiro atoms. The minimum atomic E-state index is -0.645. The van der Waals surface area contributed by atoms with Gasteiger partial charge in [-0.1, -0.05) is 94.2 Å². The van der Waals surface area contributed by atoms with Crippen LogP contribution in [-0.2, 0) is 28.8 Å². The quantitative estimate of drug-likeness (QED) is 0.172. The first-order valence-electron chi connectivity index (χ1n) is 22.4. The molecule has 0 aromatic carbocycles. The van der Waals surface area contributed by atoms with Gasteiger partial charge in [-0.15, -0.1) is 0 Å². The smallest absolute Gasteiger partial charge is 0.245 e. The van der Waals surface area contributed by atoms with Crippen LogP contribution in [-0.4, -0.2) is 131 Å². The van der Waals surface area contributed by atoms with E-state index in [1.54, 1.807) is 37.7 Å². The molecule has 2 saturated heterocycles. The zero-order valence-electron chi connectivity index (χ0n) is 41.2. The Hall–Kier alpha value is -3.38. The predicted octanol–water partition coefficient (Wildman–Crippen LogP) is 6.82. The molecular formula is C48H86N6O6. The minimum absolute atomic E-state index is 0.00162. The number of nitrogens with zero attached hydrogens (tertiary/aromatic N) is 4. The van der Waals surface area contributed by atoms with Gasteiger partial charge in [0.25, 0.3) is 0 Å². The van der Waals surface area contributed by atoms with Gasteiger partial charge in [-0.3, -0.25) is 38.6 Å². The summed E-state index contributed by atoms with van der Waals surface area (Å²) in [4.78, 5) is 84.5. The van der Waals surface area contributed by atoms with Crippen LogP contribution in [0.2, 0.25) is 0 Å². The van der Waals surface area contributed by atoms with Gasteiger partial charge >= 0.3 is 0 Å². The van der Waals surface area contributed by atoms with Crippen molar-refractivity contribution in [2.75, 3.05) is 34.2 Å². The van der Waals surface area contributed by atoms with Crippen LogP contribution >= 0.6 is 0 Å². The van der Waals surface area contributed by atoms with Crippen molar-refractivity contribution in [3.05, 3.63) is 23.3 Å². The van der Waals surface area contributed by atoms with Crippen LogP contribution in [0.15, 0.2) is 23.3 Å². The second-order valence-corrected chi connectivity index (χ2v) is 20.6. The van der Waals surface area contributed by atoms with Crippen molar-refractivity contribution in [1.82, 2.24) is 30.2 Å². The summed E-state index contributed by atoms with van der Waals surface area (Å²) in [7, 11) is 5.49. The van der Waals surface area contributed by atoms with Gasteiger partial charge in [0.05, 0.1) is 24.2 Å². The molecule has 0 radical (unpaired) electrons. The lowest BCUT2D eigenvalue weighted by molar-refractivity contribution is -0.142. The number of rotatable bonds is 15. The van der Waals surface area contributed by atoms with Gasteiger partial charge in [0.15, 0.2) is 11.6 Å². The fraction of sp³-hybridized carbons (Fsp3) is 0.792. The summed E-state index contributed by atoms with van der Waals surface area (Å²) in [6.07, 6.45) is 9.63. The molecule has 2 aliphatic rings. The van der Waals surface area contributed by atoms with E-state index in [-0.39, 0.29) is 77.2 Å². The van der Waals surface area contributed by atoms with Crippen molar-refractivity contribution in [2.45, 2.75) is 192 Å². The maximum atomic E-state index is 13.6. The van der Waals surface area contributed by atoms with Crippen molar-refractivity contribution in [2.24, 2.45) is 22.7 Å². The molecule has 2 rings (SSSR count). The number of carbonyl (C=O) groups is 6. The van der Waals surface area contributed by atoms with Crippen molar-refractivity contribution >= 4 is 35.2 Å². The molecule has 2 N–H and O–H groups in total. The highest BCUT2D eigenvalue weighted by molar-refractivity contribution is 5.94. The Bertz CT molecular complexity index is 1540. The Balaban J connectivity index is 0.000000601. The number of hydrogen-bond acceptors (Lipinski definition) is 8. The Kier molecular flexibility index (Phi) is 21.6. The number of likely N-dealkylation sites (N-methyl/N-ethyl adjacent to an activating group) is 3. The molecular weight excluding hydrogens is 757 g/mol. The summed E-state index contributed by atoms with van der Waals surface area (Å²) in [5, 5.41) is 6.15. The third-order valence-electron chi connectivity index (χ3n) is 12.3. The van der Waals surface area contributed by atoms with Crippen LogP contribution < -0.4 is 10.6 Å². The van der Waals surface area contributed by atoms with Crippen LogP contribution in [0.4, 0.5) is 0 Å². The number of hydrogen-bond donors (Lipinski definition) is 2. The molecule has 0 saturated carbocycles. The van der Waals surface area contributed by atoms with E-state index < -0.39 is 22.9 Å². The molecule has 4 amide bonds. The summed E-state index contributed by atoms with van der Waals surface area (Å²) in [6, 6.07) is -1.82. The topological polar surface area (TPSA) is 139 Å². The van der Waals surface area contributed by atoms with E-state index in [2.05, 4.69) is 34.3 Å². The molecule has 0 bridgehead atoms. The first-order valence-corrected chi connectivity index (χ1v) is 22.4. The number of carbonyl (C=O) groups excluding carboxylic acids is 6. The maximum Gasteiger partial charge on any atom is 0.245 e. The summed E-state index contributed by atoms with van der Waals surface area (Å²) in [5.74, 6) is -0.129. The highest BCUT2D eigenvalue weighted by Crippen LogP contribution is 2.27. The summed E-state index contributed by atoms with van der Waals surface area (Å²) in [5.41, 5.74) is 0.405. The molecule has 344 valence electrons. The normalized spacial score (nSPS) is 20.7. The van der Waals surface area contributed by atoms with Crippen LogP contribution in [0.5, 0.6) is 0 Å². The van der Waals surface area contributed by atoms with Crippen LogP contribution in [0.1, 0.15) is 149 Å². The van der Waals surface area contributed by atoms with Crippen LogP contribution in [0.25, 0.3) is 0 Å². The monoisotopic (exact) mass is 843 g/mol. The molecule has 12 nitrogen and oxygen atoms in total. The van der Waals surface area contributed by atoms with Crippen LogP contribution in [0.3, 0.4) is 0 Å². The number of amides is 4. The van der Waals surface area contributed by atoms with Gasteiger partial charge in [0.2, 0.25) is 23.6 Å². The lowest BCUT2D eigenvalue weighted by Gasteiger charge is -2.41. The van der Waals surface area contributed by atoms with E-state index in [9.17, 15) is 28.8 Å². The predicted molar refractivity (Wildman–Crippen MR) is 244 cm³/mol. The molecule has 6 atom stereocenters. The van der Waals surface area contributed by atoms with Crippen molar-refractivity contribution in [3.8, 4) is 0 Å². The van der Waals surface area contributed by atoms with Gasteiger partial charge < -0.3 is 20.4 Å². The average Bonchev–Trinajstić information content (AvgIpc) is 3.14. The van der Waals surface area contributed by atoms with Crippen molar-refractivity contribution in [1.29, 1.82) is 0 Å². The van der Waals surface area contributed by atoms with Gasteiger partial charge in [-0.05, 0) is 121 Å². The minimum Gasteiger partial charge on any atom is -0.342 e. The molecule has 60 heavy (non-hydrogen) atoms. The number of likely N-dealkylation sites (tertiary alicyclic amines) is 2. The Labute approximate surface area is 365 Å². The summed E-state index contributed by atoms with van der Waals surface area (Å²) < 4.78 is 0. The number of nitrogens with one attached hydrogen (secondary N) is 2. The third kappa shape index (κ3) is 16.1. The van der Waals surface area contributed by atoms with Gasteiger partial charge in [0, 0.05) is 20.1 Å². The van der Waals surface area contributed by atoms with Gasteiger partial charge in [-0.2, -0.15) is 0 Å². The third-order valence-corrected chi connectivity index (χ3v) is 12.3. The van der Waals surface area contributed by atoms with E-state index in [0.717, 1.165) is 51.6 Å². The molecule has 2 heterocycles. The fourth-order valence-electron chi connectivity index (χ4n) is 7.99. The fourth-order valence-corrected chi connectivity index (χ4v) is 7.99. The second-order valence-electron chi connectivity index (χ2n) is 20.6. The highest BCUT2D eigenvalue weighted by atomic mass is 16.2. The highest BCUT2D eigenvalue weighted by Gasteiger charge is 2.41. The SMILES string of the molecule is CC(=O)/C(C)=C/[C@H](C(C)C)N(C)C(=O)[C@@H](NC(=O)[C@H]1CCCCN1C(C)C)C(C)(C)C.CC(=O)/C(C)=C/[C@H](C(C)C)N(C)C(=O)[C@@H](NC(=O)[C@H]1CCCCN1C)C(C)(C)C. The van der Waals surface area contributed by atoms with Crippen molar-refractivity contribution < 1.29 is 28.8 Å². The molecule has 0 aliphatic carbocycles. The standard InChI is InChI=1S/C25H45N3O3.C23H41N3O3/c1-16(2)21(15-18(5)19(6)29)27(10)24(31)22(25(7,8)9)26-23(30)20-13-11-12-14-28(20)17(3)4;1-15(2)19(14-16(3)17(4)27)26(9)22(29)20(23(5,6)7)24-21(28)18-12-10-11-13-25(18)8/h15-17,20-22H,11-14H2,1-10H3,(H,26,30);14-15,18-20H,10-13H2,1-9H3,(H,24,28)/b18-15+;16-14+/t20-,21-,22-;18-,19-,20-/m11/s1. The zero-order chi connectivity index (χ0) is 46.6. The maximum absolute atomic E-state index is 13.6. The number of ketones is 2. The first kappa shape index (κ1) is 54.6. The Morgan fingerprint density at radius 1 is 0.583 bits per heavy atom. The van der Waals surface area contributed by atoms with E-state index >= 15 is 0 Å². The van der Waals surface area contributed by atoms with Crippen LogP contribution in [0, 0.1) is 22.7 Å². The summed E-state index contributed by atoms with van der Waals surface area (Å²) in [6.45, 7) is 32.6. The zero-order valence-corrected chi connectivity index (χ0v) is 41.2. The summed E-state index contributed by atoms with van der Waals surface area (Å²) >= 11 is 0. The van der Waals surface area contributed by atoms with E-state index in [0.29, 0.717) is 11.1 Å². The molecule has 12 heteroatoms. The van der Waals surface area contributed by atoms with Crippen molar-refractivity contribution in [3.63, 3.8) is 0 Å². The first-order chi connectivity index (χ1) is 27.4.